The molecule has 2 aliphatic rings. The summed E-state index contributed by atoms with van der Waals surface area (Å²) in [5.74, 6) is 1.14. The molecule has 0 aliphatic carbocycles. The SMILES string of the molecule is CC(CCC(=O)N(C)C(C)C(=O)c1ccc2c(c1)OCO2)N1CCC1. The van der Waals surface area contributed by atoms with Gasteiger partial charge in [-0.2, -0.15) is 0 Å². The molecule has 1 saturated heterocycles. The molecular formula is C19H26N2O4. The largest absolute Gasteiger partial charge is 0.454 e. The maximum atomic E-state index is 12.7. The highest BCUT2D eigenvalue weighted by atomic mass is 16.7. The van der Waals surface area contributed by atoms with Crippen LogP contribution in [0.1, 0.15) is 43.5 Å². The van der Waals surface area contributed by atoms with Crippen molar-refractivity contribution in [2.45, 2.75) is 45.2 Å². The van der Waals surface area contributed by atoms with Gasteiger partial charge in [0.05, 0.1) is 6.04 Å². The molecule has 2 atom stereocenters. The number of Topliss-reactive ketones (excluding diaryl/α,β-unsaturated/α-hetero) is 1. The van der Waals surface area contributed by atoms with Crippen molar-refractivity contribution in [2.24, 2.45) is 0 Å². The van der Waals surface area contributed by atoms with Crippen molar-refractivity contribution < 1.29 is 19.1 Å². The van der Waals surface area contributed by atoms with Gasteiger partial charge >= 0.3 is 0 Å². The van der Waals surface area contributed by atoms with Gasteiger partial charge in [0.25, 0.3) is 0 Å². The highest BCUT2D eigenvalue weighted by Gasteiger charge is 2.26. The monoisotopic (exact) mass is 346 g/mol. The summed E-state index contributed by atoms with van der Waals surface area (Å²) in [6.45, 7) is 6.36. The van der Waals surface area contributed by atoms with E-state index in [1.165, 1.54) is 6.42 Å². The van der Waals surface area contributed by atoms with Crippen LogP contribution in [-0.4, -0.2) is 60.5 Å². The van der Waals surface area contributed by atoms with E-state index in [-0.39, 0.29) is 18.5 Å². The normalized spacial score (nSPS) is 18.4. The summed E-state index contributed by atoms with van der Waals surface area (Å²) in [7, 11) is 1.70. The minimum absolute atomic E-state index is 0.00830. The molecule has 1 aromatic carbocycles. The number of ketones is 1. The van der Waals surface area contributed by atoms with Crippen molar-refractivity contribution in [3.8, 4) is 11.5 Å². The Bertz CT molecular complexity index is 657. The third kappa shape index (κ3) is 3.79. The smallest absolute Gasteiger partial charge is 0.231 e. The van der Waals surface area contributed by atoms with Crippen molar-refractivity contribution in [1.82, 2.24) is 9.80 Å². The average Bonchev–Trinajstić information content (AvgIpc) is 3.03. The summed E-state index contributed by atoms with van der Waals surface area (Å²) in [5, 5.41) is 0. The van der Waals surface area contributed by atoms with Crippen molar-refractivity contribution in [1.29, 1.82) is 0 Å². The number of likely N-dealkylation sites (N-methyl/N-ethyl adjacent to an activating group) is 1. The molecule has 0 bridgehead atoms. The van der Waals surface area contributed by atoms with Gasteiger partial charge in [-0.05, 0) is 58.0 Å². The summed E-state index contributed by atoms with van der Waals surface area (Å²) in [6.07, 6.45) is 2.54. The van der Waals surface area contributed by atoms with Gasteiger partial charge in [-0.3, -0.25) is 9.59 Å². The van der Waals surface area contributed by atoms with E-state index in [0.717, 1.165) is 19.5 Å². The van der Waals surface area contributed by atoms with Gasteiger partial charge in [0.1, 0.15) is 0 Å². The first-order valence-corrected chi connectivity index (χ1v) is 8.91. The fourth-order valence-electron chi connectivity index (χ4n) is 3.16. The van der Waals surface area contributed by atoms with Crippen LogP contribution in [0.15, 0.2) is 18.2 Å². The van der Waals surface area contributed by atoms with Gasteiger partial charge in [0, 0.05) is 25.1 Å². The van der Waals surface area contributed by atoms with Crippen molar-refractivity contribution >= 4 is 11.7 Å². The van der Waals surface area contributed by atoms with Crippen LogP contribution in [0.25, 0.3) is 0 Å². The number of benzene rings is 1. The molecule has 2 aliphatic heterocycles. The number of carbonyl (C=O) groups excluding carboxylic acids is 2. The maximum Gasteiger partial charge on any atom is 0.231 e. The first-order chi connectivity index (χ1) is 12.0. The van der Waals surface area contributed by atoms with Crippen LogP contribution in [0.5, 0.6) is 11.5 Å². The molecule has 136 valence electrons. The fourth-order valence-corrected chi connectivity index (χ4v) is 3.16. The lowest BCUT2D eigenvalue weighted by molar-refractivity contribution is -0.131. The number of hydrogen-bond donors (Lipinski definition) is 0. The van der Waals surface area contributed by atoms with Crippen molar-refractivity contribution in [3.05, 3.63) is 23.8 Å². The van der Waals surface area contributed by atoms with Gasteiger partial charge in [0.2, 0.25) is 12.7 Å². The van der Waals surface area contributed by atoms with Gasteiger partial charge < -0.3 is 19.3 Å². The lowest BCUT2D eigenvalue weighted by atomic mass is 10.0. The van der Waals surface area contributed by atoms with Gasteiger partial charge in [-0.1, -0.05) is 0 Å². The molecule has 0 spiro atoms. The molecule has 0 N–H and O–H groups in total. The Kier molecular flexibility index (Phi) is 5.27. The minimum Gasteiger partial charge on any atom is -0.454 e. The Balaban J connectivity index is 1.56. The fraction of sp³-hybridized carbons (Fsp3) is 0.579. The number of fused-ring (bicyclic) bond motifs is 1. The van der Waals surface area contributed by atoms with Crippen LogP contribution in [0.2, 0.25) is 0 Å². The molecule has 1 aromatic rings. The molecule has 0 radical (unpaired) electrons. The zero-order valence-electron chi connectivity index (χ0n) is 15.2. The predicted molar refractivity (Wildman–Crippen MR) is 94.0 cm³/mol. The summed E-state index contributed by atoms with van der Waals surface area (Å²) in [5.41, 5.74) is 0.533. The second-order valence-corrected chi connectivity index (χ2v) is 6.89. The molecule has 6 nitrogen and oxygen atoms in total. The maximum absolute atomic E-state index is 12.7. The van der Waals surface area contributed by atoms with Crippen LogP contribution >= 0.6 is 0 Å². The van der Waals surface area contributed by atoms with E-state index >= 15 is 0 Å². The summed E-state index contributed by atoms with van der Waals surface area (Å²) < 4.78 is 10.6. The molecular weight excluding hydrogens is 320 g/mol. The third-order valence-corrected chi connectivity index (χ3v) is 5.30. The number of nitrogens with zero attached hydrogens (tertiary/aromatic N) is 2. The van der Waals surface area contributed by atoms with Gasteiger partial charge in [-0.25, -0.2) is 0 Å². The standard InChI is InChI=1S/C19H26N2O4/c1-13(21-9-4-10-21)5-8-18(22)20(3)14(2)19(23)15-6-7-16-17(11-15)25-12-24-16/h6-7,11,13-14H,4-5,8-10,12H2,1-3H3. The van der Waals surface area contributed by atoms with Gasteiger partial charge in [0.15, 0.2) is 17.3 Å². The second-order valence-electron chi connectivity index (χ2n) is 6.89. The number of rotatable bonds is 7. The zero-order valence-corrected chi connectivity index (χ0v) is 15.2. The summed E-state index contributed by atoms with van der Waals surface area (Å²) in [4.78, 5) is 29.1. The molecule has 2 heterocycles. The lowest BCUT2D eigenvalue weighted by Crippen LogP contribution is -2.45. The molecule has 25 heavy (non-hydrogen) atoms. The first kappa shape index (κ1) is 17.7. The molecule has 2 unspecified atom stereocenters. The average molecular weight is 346 g/mol. The molecule has 0 saturated carbocycles. The second kappa shape index (κ2) is 7.44. The van der Waals surface area contributed by atoms with E-state index in [1.54, 1.807) is 37.1 Å². The molecule has 0 aromatic heterocycles. The Labute approximate surface area is 148 Å². The molecule has 6 heteroatoms. The molecule has 3 rings (SSSR count). The lowest BCUT2D eigenvalue weighted by Gasteiger charge is -2.36. The van der Waals surface area contributed by atoms with Gasteiger partial charge in [-0.15, -0.1) is 0 Å². The zero-order chi connectivity index (χ0) is 18.0. The summed E-state index contributed by atoms with van der Waals surface area (Å²) in [6, 6.07) is 5.05. The van der Waals surface area contributed by atoms with Crippen LogP contribution < -0.4 is 9.47 Å². The summed E-state index contributed by atoms with van der Waals surface area (Å²) >= 11 is 0. The Morgan fingerprint density at radius 1 is 1.20 bits per heavy atom. The molecule has 1 amide bonds. The highest BCUT2D eigenvalue weighted by Crippen LogP contribution is 2.33. The number of amides is 1. The van der Waals surface area contributed by atoms with Crippen molar-refractivity contribution in [2.75, 3.05) is 26.9 Å². The van der Waals surface area contributed by atoms with Crippen LogP contribution in [0, 0.1) is 0 Å². The number of ether oxygens (including phenoxy) is 2. The number of carbonyl (C=O) groups is 2. The quantitative estimate of drug-likeness (QED) is 0.709. The number of hydrogen-bond acceptors (Lipinski definition) is 5. The van der Waals surface area contributed by atoms with Crippen LogP contribution in [-0.2, 0) is 4.79 Å². The highest BCUT2D eigenvalue weighted by molar-refractivity contribution is 6.02. The van der Waals surface area contributed by atoms with E-state index in [4.69, 9.17) is 9.47 Å². The minimum atomic E-state index is -0.507. The van der Waals surface area contributed by atoms with E-state index < -0.39 is 6.04 Å². The van der Waals surface area contributed by atoms with Crippen LogP contribution in [0.3, 0.4) is 0 Å². The Morgan fingerprint density at radius 2 is 1.92 bits per heavy atom. The first-order valence-electron chi connectivity index (χ1n) is 8.91. The van der Waals surface area contributed by atoms with Crippen molar-refractivity contribution in [3.63, 3.8) is 0 Å². The van der Waals surface area contributed by atoms with E-state index in [0.29, 0.717) is 29.5 Å². The Hall–Kier alpha value is -2.08. The third-order valence-electron chi connectivity index (χ3n) is 5.30. The van der Waals surface area contributed by atoms with E-state index in [9.17, 15) is 9.59 Å². The van der Waals surface area contributed by atoms with E-state index in [1.807, 2.05) is 0 Å². The topological polar surface area (TPSA) is 59.1 Å². The Morgan fingerprint density at radius 3 is 2.60 bits per heavy atom. The van der Waals surface area contributed by atoms with E-state index in [2.05, 4.69) is 11.8 Å². The van der Waals surface area contributed by atoms with Crippen LogP contribution in [0.4, 0.5) is 0 Å². The number of likely N-dealkylation sites (tertiary alicyclic amines) is 1. The molecule has 1 fully saturated rings. The predicted octanol–water partition coefficient (Wildman–Crippen LogP) is 2.32.